The second-order valence-corrected chi connectivity index (χ2v) is 5.30. The Bertz CT molecular complexity index is 630. The lowest BCUT2D eigenvalue weighted by Gasteiger charge is -2.25. The number of nitrogens with zero attached hydrogens (tertiary/aromatic N) is 3. The van der Waals surface area contributed by atoms with Gasteiger partial charge in [-0.25, -0.2) is 4.99 Å². The number of halogens is 1. The quantitative estimate of drug-likeness (QED) is 0.817. The second-order valence-electron chi connectivity index (χ2n) is 4.02. The highest BCUT2D eigenvalue weighted by Gasteiger charge is 2.16. The average Bonchev–Trinajstić information content (AvgIpc) is 2.46. The van der Waals surface area contributed by atoms with Gasteiger partial charge in [-0.05, 0) is 42.3 Å². The Balaban J connectivity index is 1.95. The molecule has 2 aromatic rings. The molecule has 0 bridgehead atoms. The molecular formula is C13H11ClN4S. The van der Waals surface area contributed by atoms with E-state index in [2.05, 4.69) is 14.7 Å². The van der Waals surface area contributed by atoms with Crippen LogP contribution in [0.15, 0.2) is 52.6 Å². The zero-order valence-corrected chi connectivity index (χ0v) is 11.7. The molecule has 0 unspecified atom stereocenters. The third-order valence-electron chi connectivity index (χ3n) is 2.77. The zero-order valence-electron chi connectivity index (χ0n) is 10.2. The third-order valence-corrected chi connectivity index (χ3v) is 3.85. The molecule has 1 aliphatic rings. The fourth-order valence-electron chi connectivity index (χ4n) is 1.74. The minimum absolute atomic E-state index is 0.691. The summed E-state index contributed by atoms with van der Waals surface area (Å²) in [4.78, 5) is 11.6. The molecule has 0 amide bonds. The highest BCUT2D eigenvalue weighted by molar-refractivity contribution is 7.98. The lowest BCUT2D eigenvalue weighted by molar-refractivity contribution is 1.15. The van der Waals surface area contributed by atoms with Gasteiger partial charge in [0.15, 0.2) is 0 Å². The van der Waals surface area contributed by atoms with Crippen molar-refractivity contribution in [3.63, 3.8) is 0 Å². The van der Waals surface area contributed by atoms with Gasteiger partial charge in [0.05, 0.1) is 10.6 Å². The Labute approximate surface area is 120 Å². The van der Waals surface area contributed by atoms with Crippen LogP contribution >= 0.6 is 23.5 Å². The molecule has 0 fully saturated rings. The summed E-state index contributed by atoms with van der Waals surface area (Å²) in [5.41, 5.74) is 1.90. The van der Waals surface area contributed by atoms with Crippen LogP contribution in [-0.4, -0.2) is 18.0 Å². The van der Waals surface area contributed by atoms with Gasteiger partial charge in [-0.1, -0.05) is 11.6 Å². The van der Waals surface area contributed by atoms with E-state index in [1.54, 1.807) is 12.4 Å². The summed E-state index contributed by atoms with van der Waals surface area (Å²) in [6.07, 6.45) is 3.51. The minimum atomic E-state index is 0.691. The number of anilines is 1. The zero-order chi connectivity index (χ0) is 13.2. The van der Waals surface area contributed by atoms with E-state index in [1.807, 2.05) is 42.3 Å². The summed E-state index contributed by atoms with van der Waals surface area (Å²) >= 11 is 7.53. The van der Waals surface area contributed by atoms with Gasteiger partial charge in [-0.2, -0.15) is 0 Å². The summed E-state index contributed by atoms with van der Waals surface area (Å²) < 4.78 is 3.22. The summed E-state index contributed by atoms with van der Waals surface area (Å²) in [6, 6.07) is 9.56. The van der Waals surface area contributed by atoms with Crippen molar-refractivity contribution in [3.05, 3.63) is 47.7 Å². The largest absolute Gasteiger partial charge is 0.315 e. The van der Waals surface area contributed by atoms with Gasteiger partial charge in [0.25, 0.3) is 0 Å². The molecule has 3 rings (SSSR count). The molecule has 0 aliphatic carbocycles. The van der Waals surface area contributed by atoms with Gasteiger partial charge in [0.2, 0.25) is 5.96 Å². The number of fused-ring (bicyclic) bond motifs is 1. The summed E-state index contributed by atoms with van der Waals surface area (Å²) in [5.74, 6) is 0.769. The third kappa shape index (κ3) is 2.52. The Morgan fingerprint density at radius 1 is 1.21 bits per heavy atom. The first-order chi connectivity index (χ1) is 9.24. The molecule has 0 atom stereocenters. The van der Waals surface area contributed by atoms with Crippen molar-refractivity contribution in [2.45, 2.75) is 4.90 Å². The van der Waals surface area contributed by atoms with Crippen LogP contribution in [0.2, 0.25) is 5.02 Å². The van der Waals surface area contributed by atoms with Crippen LogP contribution in [0.4, 0.5) is 11.4 Å². The Hall–Kier alpha value is -1.72. The molecule has 4 nitrogen and oxygen atoms in total. The van der Waals surface area contributed by atoms with Crippen LogP contribution in [0, 0.1) is 0 Å². The van der Waals surface area contributed by atoms with Crippen molar-refractivity contribution >= 4 is 40.9 Å². The topological polar surface area (TPSA) is 40.5 Å². The first-order valence-corrected chi connectivity index (χ1v) is 6.88. The summed E-state index contributed by atoms with van der Waals surface area (Å²) in [7, 11) is 1.96. The standard InChI is InChI=1S/C13H11ClN4S/c1-18(10-4-6-15-7-5-10)13-16-11-8-9(14)2-3-12(11)19-17-13/h2-8H,1H3,(H,16,17). The molecule has 19 heavy (non-hydrogen) atoms. The van der Waals surface area contributed by atoms with Crippen molar-refractivity contribution < 1.29 is 0 Å². The van der Waals surface area contributed by atoms with E-state index >= 15 is 0 Å². The van der Waals surface area contributed by atoms with Gasteiger partial charge in [-0.15, -0.1) is 0 Å². The molecule has 0 spiro atoms. The van der Waals surface area contributed by atoms with Crippen LogP contribution < -0.4 is 9.62 Å². The molecule has 0 radical (unpaired) electrons. The second kappa shape index (κ2) is 5.11. The molecule has 1 aromatic heterocycles. The molecule has 96 valence electrons. The summed E-state index contributed by atoms with van der Waals surface area (Å²) in [5, 5.41) is 0.691. The van der Waals surface area contributed by atoms with Crippen molar-refractivity contribution in [2.75, 3.05) is 11.9 Å². The minimum Gasteiger partial charge on any atom is -0.315 e. The normalized spacial score (nSPS) is 13.3. The van der Waals surface area contributed by atoms with Gasteiger partial charge >= 0.3 is 0 Å². The Kier molecular flexibility index (Phi) is 3.31. The predicted octanol–water partition coefficient (Wildman–Crippen LogP) is 3.47. The number of pyridine rings is 1. The molecule has 0 saturated heterocycles. The number of rotatable bonds is 1. The number of aromatic nitrogens is 1. The van der Waals surface area contributed by atoms with Gasteiger partial charge in [0.1, 0.15) is 0 Å². The van der Waals surface area contributed by atoms with Crippen molar-refractivity contribution in [1.29, 1.82) is 0 Å². The van der Waals surface area contributed by atoms with E-state index < -0.39 is 0 Å². The van der Waals surface area contributed by atoms with Crippen LogP contribution in [0.1, 0.15) is 0 Å². The predicted molar refractivity (Wildman–Crippen MR) is 80.2 cm³/mol. The van der Waals surface area contributed by atoms with Crippen LogP contribution in [-0.2, 0) is 0 Å². The van der Waals surface area contributed by atoms with E-state index in [1.165, 1.54) is 11.9 Å². The lowest BCUT2D eigenvalue weighted by atomic mass is 10.3. The highest BCUT2D eigenvalue weighted by atomic mass is 35.5. The SMILES string of the molecule is CN(C1=Nc2cc(Cl)ccc2SN1)c1ccncc1. The van der Waals surface area contributed by atoms with Crippen LogP contribution in [0.5, 0.6) is 0 Å². The van der Waals surface area contributed by atoms with Crippen molar-refractivity contribution in [3.8, 4) is 0 Å². The van der Waals surface area contributed by atoms with Gasteiger partial charge in [0, 0.05) is 30.2 Å². The number of hydrogen-bond donors (Lipinski definition) is 1. The fraction of sp³-hybridized carbons (Fsp3) is 0.0769. The van der Waals surface area contributed by atoms with E-state index in [9.17, 15) is 0 Å². The fourth-order valence-corrected chi connectivity index (χ4v) is 2.63. The number of benzene rings is 1. The Morgan fingerprint density at radius 3 is 2.79 bits per heavy atom. The monoisotopic (exact) mass is 290 g/mol. The number of nitrogens with one attached hydrogen (secondary N) is 1. The van der Waals surface area contributed by atoms with E-state index in [0.29, 0.717) is 5.02 Å². The maximum absolute atomic E-state index is 6.00. The van der Waals surface area contributed by atoms with Crippen molar-refractivity contribution in [2.24, 2.45) is 4.99 Å². The van der Waals surface area contributed by atoms with Gasteiger partial charge < -0.3 is 4.90 Å². The Morgan fingerprint density at radius 2 is 2.00 bits per heavy atom. The number of aliphatic imine (C=N–C) groups is 1. The first-order valence-electron chi connectivity index (χ1n) is 5.69. The van der Waals surface area contributed by atoms with E-state index in [4.69, 9.17) is 11.6 Å². The molecule has 2 heterocycles. The molecular weight excluding hydrogens is 280 g/mol. The first kappa shape index (κ1) is 12.3. The molecule has 0 saturated carbocycles. The van der Waals surface area contributed by atoms with Gasteiger partial charge in [-0.3, -0.25) is 9.71 Å². The molecule has 1 N–H and O–H groups in total. The lowest BCUT2D eigenvalue weighted by Crippen LogP contribution is -2.36. The number of guanidine groups is 1. The maximum atomic E-state index is 6.00. The van der Waals surface area contributed by atoms with E-state index in [0.717, 1.165) is 22.2 Å². The summed E-state index contributed by atoms with van der Waals surface area (Å²) in [6.45, 7) is 0. The molecule has 1 aromatic carbocycles. The highest BCUT2D eigenvalue weighted by Crippen LogP contribution is 2.34. The number of hydrogen-bond acceptors (Lipinski definition) is 5. The van der Waals surface area contributed by atoms with E-state index in [-0.39, 0.29) is 0 Å². The van der Waals surface area contributed by atoms with Crippen molar-refractivity contribution in [1.82, 2.24) is 9.71 Å². The van der Waals surface area contributed by atoms with Crippen LogP contribution in [0.25, 0.3) is 0 Å². The van der Waals surface area contributed by atoms with Crippen LogP contribution in [0.3, 0.4) is 0 Å². The smallest absolute Gasteiger partial charge is 0.213 e. The molecule has 1 aliphatic heterocycles. The average molecular weight is 291 g/mol. The maximum Gasteiger partial charge on any atom is 0.213 e. The molecule has 6 heteroatoms.